The Kier molecular flexibility index (Phi) is 5.85. The smallest absolute Gasteiger partial charge is 0.355 e. The van der Waals surface area contributed by atoms with E-state index in [9.17, 15) is 22.0 Å². The van der Waals surface area contributed by atoms with Crippen LogP contribution in [-0.2, 0) is 5.41 Å². The van der Waals surface area contributed by atoms with Gasteiger partial charge in [-0.1, -0.05) is 30.3 Å². The number of hydrogen-bond donors (Lipinski definition) is 2. The molecule has 1 aliphatic heterocycles. The number of halogens is 6. The van der Waals surface area contributed by atoms with Gasteiger partial charge >= 0.3 is 6.18 Å². The minimum Gasteiger partial charge on any atom is -0.355 e. The molecule has 1 heterocycles. The molecule has 1 saturated carbocycles. The fourth-order valence-corrected chi connectivity index (χ4v) is 3.35. The Morgan fingerprint density at radius 3 is 2.36 bits per heavy atom. The number of nitrogens with one attached hydrogen (secondary N) is 2. The average molecular weight is 475 g/mol. The van der Waals surface area contributed by atoms with E-state index >= 15 is 0 Å². The van der Waals surface area contributed by atoms with Gasteiger partial charge in [-0.05, 0) is 12.0 Å². The highest BCUT2D eigenvalue weighted by molar-refractivity contribution is 14.0. The van der Waals surface area contributed by atoms with Crippen molar-refractivity contribution in [1.82, 2.24) is 10.6 Å². The van der Waals surface area contributed by atoms with Crippen LogP contribution in [0.4, 0.5) is 22.0 Å². The minimum absolute atomic E-state index is 0. The van der Waals surface area contributed by atoms with E-state index in [4.69, 9.17) is 0 Å². The first kappa shape index (κ1) is 20.2. The summed E-state index contributed by atoms with van der Waals surface area (Å²) in [5.74, 6) is -2.72. The van der Waals surface area contributed by atoms with E-state index in [0.717, 1.165) is 5.56 Å². The molecule has 1 atom stereocenters. The van der Waals surface area contributed by atoms with E-state index in [1.54, 1.807) is 30.3 Å². The van der Waals surface area contributed by atoms with E-state index < -0.39 is 23.6 Å². The third-order valence-corrected chi connectivity index (χ3v) is 4.57. The lowest BCUT2D eigenvalue weighted by molar-refractivity contribution is -0.154. The van der Waals surface area contributed by atoms with Crippen LogP contribution in [0.1, 0.15) is 24.8 Å². The van der Waals surface area contributed by atoms with Crippen molar-refractivity contribution in [3.05, 3.63) is 35.9 Å². The number of rotatable bonds is 3. The number of nitrogens with zero attached hydrogens (tertiary/aromatic N) is 1. The zero-order valence-electron chi connectivity index (χ0n) is 13.2. The molecule has 0 radical (unpaired) electrons. The van der Waals surface area contributed by atoms with E-state index in [1.807, 2.05) is 0 Å². The van der Waals surface area contributed by atoms with Gasteiger partial charge in [0, 0.05) is 31.3 Å². The number of benzene rings is 1. The largest absolute Gasteiger partial charge is 0.408 e. The molecule has 1 aliphatic carbocycles. The molecule has 3 rings (SSSR count). The van der Waals surface area contributed by atoms with Crippen molar-refractivity contribution in [3.63, 3.8) is 0 Å². The van der Waals surface area contributed by atoms with Crippen molar-refractivity contribution in [2.24, 2.45) is 4.99 Å². The van der Waals surface area contributed by atoms with E-state index in [2.05, 4.69) is 15.6 Å². The van der Waals surface area contributed by atoms with Crippen LogP contribution in [0.5, 0.6) is 0 Å². The van der Waals surface area contributed by atoms with Crippen molar-refractivity contribution < 1.29 is 22.0 Å². The molecular formula is C16H19F5IN3. The van der Waals surface area contributed by atoms with E-state index in [-0.39, 0.29) is 62.3 Å². The lowest BCUT2D eigenvalue weighted by Crippen LogP contribution is -2.59. The Labute approximate surface area is 159 Å². The Balaban J connectivity index is 0.00000225. The molecule has 1 aromatic rings. The number of guanidine groups is 1. The maximum atomic E-state index is 13.5. The summed E-state index contributed by atoms with van der Waals surface area (Å²) in [5, 5.41) is 5.12. The normalized spacial score (nSPS) is 24.2. The molecule has 140 valence electrons. The quantitative estimate of drug-likeness (QED) is 0.515. The van der Waals surface area contributed by atoms with Crippen LogP contribution in [0.15, 0.2) is 35.3 Å². The Bertz CT molecular complexity index is 610. The molecule has 1 unspecified atom stereocenters. The summed E-state index contributed by atoms with van der Waals surface area (Å²) in [4.78, 5) is 3.99. The zero-order valence-corrected chi connectivity index (χ0v) is 15.6. The summed E-state index contributed by atoms with van der Waals surface area (Å²) >= 11 is 0. The summed E-state index contributed by atoms with van der Waals surface area (Å²) in [7, 11) is 0. The van der Waals surface area contributed by atoms with Crippen LogP contribution in [-0.4, -0.2) is 37.2 Å². The molecule has 25 heavy (non-hydrogen) atoms. The molecule has 0 amide bonds. The van der Waals surface area contributed by atoms with Crippen molar-refractivity contribution in [3.8, 4) is 0 Å². The fraction of sp³-hybridized carbons (Fsp3) is 0.562. The van der Waals surface area contributed by atoms with Gasteiger partial charge in [-0.2, -0.15) is 13.2 Å². The van der Waals surface area contributed by atoms with Crippen LogP contribution in [0.2, 0.25) is 0 Å². The highest BCUT2D eigenvalue weighted by Gasteiger charge is 2.57. The average Bonchev–Trinajstić information content (AvgIpc) is 2.51. The second kappa shape index (κ2) is 7.24. The van der Waals surface area contributed by atoms with Crippen LogP contribution in [0.3, 0.4) is 0 Å². The van der Waals surface area contributed by atoms with Crippen molar-refractivity contribution in [2.75, 3.05) is 13.1 Å². The summed E-state index contributed by atoms with van der Waals surface area (Å²) in [6.07, 6.45) is -5.14. The third-order valence-electron chi connectivity index (χ3n) is 4.57. The first-order valence-electron chi connectivity index (χ1n) is 7.75. The van der Waals surface area contributed by atoms with Crippen LogP contribution in [0, 0.1) is 0 Å². The van der Waals surface area contributed by atoms with Gasteiger partial charge in [-0.25, -0.2) is 8.78 Å². The summed E-state index contributed by atoms with van der Waals surface area (Å²) < 4.78 is 65.3. The van der Waals surface area contributed by atoms with Crippen LogP contribution >= 0.6 is 24.0 Å². The van der Waals surface area contributed by atoms with Gasteiger partial charge in [0.2, 0.25) is 5.92 Å². The van der Waals surface area contributed by atoms with E-state index in [0.29, 0.717) is 0 Å². The van der Waals surface area contributed by atoms with Crippen LogP contribution in [0.25, 0.3) is 0 Å². The first-order chi connectivity index (χ1) is 11.2. The molecule has 2 N–H and O–H groups in total. The van der Waals surface area contributed by atoms with Gasteiger partial charge in [0.1, 0.15) is 6.04 Å². The summed E-state index contributed by atoms with van der Waals surface area (Å²) in [5.41, 5.74) is -0.0349. The van der Waals surface area contributed by atoms with Gasteiger partial charge < -0.3 is 10.6 Å². The molecule has 9 heteroatoms. The Hall–Kier alpha value is -1.13. The lowest BCUT2D eigenvalue weighted by Gasteiger charge is -2.48. The third kappa shape index (κ3) is 4.53. The maximum absolute atomic E-state index is 13.5. The summed E-state index contributed by atoms with van der Waals surface area (Å²) in [6, 6.07) is 7.21. The summed E-state index contributed by atoms with van der Waals surface area (Å²) in [6.45, 7) is 0.164. The second-order valence-corrected chi connectivity index (χ2v) is 6.47. The highest BCUT2D eigenvalue weighted by atomic mass is 127. The topological polar surface area (TPSA) is 36.4 Å². The zero-order chi connectivity index (χ0) is 17.4. The van der Waals surface area contributed by atoms with Crippen molar-refractivity contribution >= 4 is 29.9 Å². The molecule has 0 aromatic heterocycles. The molecule has 1 fully saturated rings. The highest BCUT2D eigenvalue weighted by Crippen LogP contribution is 2.53. The van der Waals surface area contributed by atoms with Crippen molar-refractivity contribution in [2.45, 2.75) is 42.8 Å². The fourth-order valence-electron chi connectivity index (χ4n) is 3.35. The van der Waals surface area contributed by atoms with Gasteiger partial charge in [0.05, 0.1) is 0 Å². The lowest BCUT2D eigenvalue weighted by atomic mass is 9.62. The van der Waals surface area contributed by atoms with Crippen LogP contribution < -0.4 is 10.6 Å². The maximum Gasteiger partial charge on any atom is 0.408 e. The molecular weight excluding hydrogens is 456 g/mol. The van der Waals surface area contributed by atoms with Gasteiger partial charge in [0.25, 0.3) is 0 Å². The van der Waals surface area contributed by atoms with E-state index in [1.165, 1.54) is 0 Å². The van der Waals surface area contributed by atoms with Gasteiger partial charge in [0.15, 0.2) is 5.96 Å². The van der Waals surface area contributed by atoms with Gasteiger partial charge in [-0.3, -0.25) is 4.99 Å². The molecule has 0 bridgehead atoms. The first-order valence-corrected chi connectivity index (χ1v) is 7.75. The molecule has 2 aliphatic rings. The molecule has 3 nitrogen and oxygen atoms in total. The predicted molar refractivity (Wildman–Crippen MR) is 95.6 cm³/mol. The number of alkyl halides is 5. The monoisotopic (exact) mass is 475 g/mol. The molecule has 0 saturated heterocycles. The minimum atomic E-state index is -4.36. The Morgan fingerprint density at radius 2 is 1.80 bits per heavy atom. The SMILES string of the molecule is FC1(F)CC(CNC2=NCCC(C(F)(F)F)N2)(c2ccccc2)C1.I. The number of aliphatic imine (C=N–C) groups is 1. The second-order valence-electron chi connectivity index (χ2n) is 6.47. The number of hydrogen-bond acceptors (Lipinski definition) is 3. The predicted octanol–water partition coefficient (Wildman–Crippen LogP) is 3.84. The van der Waals surface area contributed by atoms with Crippen molar-refractivity contribution in [1.29, 1.82) is 0 Å². The standard InChI is InChI=1S/C16H18F5N3.HI/c17-15(18)8-14(9-15,11-4-2-1-3-5-11)10-23-13-22-7-6-12(24-13)16(19,20)21;/h1-5,12H,6-10H2,(H2,22,23,24);1H. The van der Waals surface area contributed by atoms with Gasteiger partial charge in [-0.15, -0.1) is 24.0 Å². The Morgan fingerprint density at radius 1 is 1.16 bits per heavy atom. The molecule has 0 spiro atoms. The molecule has 1 aromatic carbocycles.